The third-order valence-corrected chi connectivity index (χ3v) is 3.80. The van der Waals surface area contributed by atoms with Crippen molar-refractivity contribution in [3.05, 3.63) is 64.7 Å². The highest BCUT2D eigenvalue weighted by Crippen LogP contribution is 2.20. The minimum atomic E-state index is -0.864. The first-order valence-electron chi connectivity index (χ1n) is 8.17. The van der Waals surface area contributed by atoms with Gasteiger partial charge in [0, 0.05) is 29.8 Å². The van der Waals surface area contributed by atoms with Crippen LogP contribution in [0.1, 0.15) is 11.1 Å². The monoisotopic (exact) mass is 389 g/mol. The average Bonchev–Trinajstić information content (AvgIpc) is 2.68. The molecule has 0 fully saturated rings. The molecule has 27 heavy (non-hydrogen) atoms. The first kappa shape index (κ1) is 20.4. The zero-order valence-corrected chi connectivity index (χ0v) is 15.5. The van der Waals surface area contributed by atoms with E-state index < -0.39 is 11.8 Å². The number of hydrogen-bond donors (Lipinski definition) is 2. The van der Waals surface area contributed by atoms with Gasteiger partial charge in [0.25, 0.3) is 0 Å². The van der Waals surface area contributed by atoms with Gasteiger partial charge in [0.15, 0.2) is 0 Å². The van der Waals surface area contributed by atoms with Crippen LogP contribution < -0.4 is 15.5 Å². The van der Waals surface area contributed by atoms with Crippen LogP contribution in [0.4, 0.5) is 0 Å². The molecule has 2 aromatic rings. The van der Waals surface area contributed by atoms with Gasteiger partial charge in [-0.15, -0.1) is 0 Å². The third kappa shape index (κ3) is 6.73. The van der Waals surface area contributed by atoms with E-state index in [0.29, 0.717) is 29.5 Å². The molecule has 0 heterocycles. The Hall–Kier alpha value is -2.90. The van der Waals surface area contributed by atoms with Gasteiger partial charge in [0.2, 0.25) is 0 Å². The number of para-hydroxylation sites is 1. The molecule has 7 nitrogen and oxygen atoms in total. The Kier molecular flexibility index (Phi) is 8.28. The van der Waals surface area contributed by atoms with Gasteiger partial charge >= 0.3 is 11.8 Å². The molecule has 142 valence electrons. The maximum absolute atomic E-state index is 11.6. The van der Waals surface area contributed by atoms with Crippen molar-refractivity contribution in [2.75, 3.05) is 20.3 Å². The van der Waals surface area contributed by atoms with Crippen LogP contribution in [-0.4, -0.2) is 38.3 Å². The normalized spacial score (nSPS) is 10.6. The molecule has 0 saturated carbocycles. The molecule has 0 aliphatic carbocycles. The highest BCUT2D eigenvalue weighted by atomic mass is 35.5. The van der Waals surface area contributed by atoms with Crippen LogP contribution in [0.2, 0.25) is 5.02 Å². The first-order chi connectivity index (χ1) is 13.1. The summed E-state index contributed by atoms with van der Waals surface area (Å²) in [4.78, 5) is 23.2. The lowest BCUT2D eigenvalue weighted by Crippen LogP contribution is -2.39. The van der Waals surface area contributed by atoms with Crippen LogP contribution in [0.15, 0.2) is 53.6 Å². The summed E-state index contributed by atoms with van der Waals surface area (Å²) in [6, 6.07) is 14.6. The number of benzene rings is 2. The maximum atomic E-state index is 11.6. The van der Waals surface area contributed by atoms with Crippen molar-refractivity contribution < 1.29 is 19.1 Å². The Morgan fingerprint density at radius 2 is 1.85 bits per heavy atom. The lowest BCUT2D eigenvalue weighted by Gasteiger charge is -2.10. The predicted octanol–water partition coefficient (Wildman–Crippen LogP) is 2.13. The van der Waals surface area contributed by atoms with Crippen molar-refractivity contribution in [1.82, 2.24) is 10.7 Å². The average molecular weight is 390 g/mol. The van der Waals surface area contributed by atoms with Crippen molar-refractivity contribution in [2.45, 2.75) is 6.61 Å². The number of ether oxygens (including phenoxy) is 2. The van der Waals surface area contributed by atoms with E-state index in [4.69, 9.17) is 21.1 Å². The topological polar surface area (TPSA) is 89.0 Å². The second kappa shape index (κ2) is 10.9. The molecule has 2 amide bonds. The SMILES string of the molecule is COCCNC(=O)C(=O)N/N=C\c1ccccc1OCc1ccccc1Cl. The van der Waals surface area contributed by atoms with Gasteiger partial charge < -0.3 is 14.8 Å². The molecule has 2 aromatic carbocycles. The van der Waals surface area contributed by atoms with E-state index in [-0.39, 0.29) is 6.54 Å². The number of amides is 2. The Bertz CT molecular complexity index is 811. The van der Waals surface area contributed by atoms with Crippen LogP contribution in [0, 0.1) is 0 Å². The molecule has 2 N–H and O–H groups in total. The highest BCUT2D eigenvalue weighted by Gasteiger charge is 2.11. The summed E-state index contributed by atoms with van der Waals surface area (Å²) >= 11 is 6.12. The predicted molar refractivity (Wildman–Crippen MR) is 103 cm³/mol. The molecule has 0 bridgehead atoms. The number of carbonyl (C=O) groups is 2. The number of hydrazone groups is 1. The summed E-state index contributed by atoms with van der Waals surface area (Å²) in [5.74, 6) is -1.08. The van der Waals surface area contributed by atoms with E-state index in [1.807, 2.05) is 30.3 Å². The van der Waals surface area contributed by atoms with E-state index in [1.54, 1.807) is 18.2 Å². The lowest BCUT2D eigenvalue weighted by molar-refractivity contribution is -0.139. The van der Waals surface area contributed by atoms with E-state index in [1.165, 1.54) is 13.3 Å². The molecule has 0 aliphatic heterocycles. The molecule has 2 rings (SSSR count). The zero-order chi connectivity index (χ0) is 19.5. The fraction of sp³-hybridized carbons (Fsp3) is 0.211. The minimum Gasteiger partial charge on any atom is -0.488 e. The summed E-state index contributed by atoms with van der Waals surface area (Å²) in [6.45, 7) is 0.850. The first-order valence-corrected chi connectivity index (χ1v) is 8.55. The molecule has 0 saturated heterocycles. The molecule has 0 radical (unpaired) electrons. The second-order valence-electron chi connectivity index (χ2n) is 5.37. The number of methoxy groups -OCH3 is 1. The fourth-order valence-corrected chi connectivity index (χ4v) is 2.24. The van der Waals surface area contributed by atoms with Crippen LogP contribution in [0.5, 0.6) is 5.75 Å². The summed E-state index contributed by atoms with van der Waals surface area (Å²) in [5, 5.41) is 6.82. The smallest absolute Gasteiger partial charge is 0.329 e. The van der Waals surface area contributed by atoms with Gasteiger partial charge in [0.1, 0.15) is 12.4 Å². The van der Waals surface area contributed by atoms with Crippen molar-refractivity contribution in [3.8, 4) is 5.75 Å². The van der Waals surface area contributed by atoms with Crippen molar-refractivity contribution in [3.63, 3.8) is 0 Å². The van der Waals surface area contributed by atoms with Crippen molar-refractivity contribution in [2.24, 2.45) is 5.10 Å². The maximum Gasteiger partial charge on any atom is 0.329 e. The molecular weight excluding hydrogens is 370 g/mol. The van der Waals surface area contributed by atoms with Gasteiger partial charge in [-0.3, -0.25) is 9.59 Å². The van der Waals surface area contributed by atoms with Gasteiger partial charge in [0.05, 0.1) is 12.8 Å². The van der Waals surface area contributed by atoms with Gasteiger partial charge in [-0.05, 0) is 18.2 Å². The van der Waals surface area contributed by atoms with Gasteiger partial charge in [-0.1, -0.05) is 41.9 Å². The van der Waals surface area contributed by atoms with Crippen molar-refractivity contribution >= 4 is 29.6 Å². The number of halogens is 1. The standard InChI is InChI=1S/C19H20ClN3O4/c1-26-11-10-21-18(24)19(25)23-22-12-14-6-3-5-9-17(14)27-13-15-7-2-4-8-16(15)20/h2-9,12H,10-11,13H2,1H3,(H,21,24)(H,23,25)/b22-12-. The zero-order valence-electron chi connectivity index (χ0n) is 14.8. The van der Waals surface area contributed by atoms with E-state index in [0.717, 1.165) is 5.56 Å². The minimum absolute atomic E-state index is 0.241. The number of rotatable bonds is 8. The van der Waals surface area contributed by atoms with Crippen LogP contribution in [0.25, 0.3) is 0 Å². The number of nitrogens with zero attached hydrogens (tertiary/aromatic N) is 1. The van der Waals surface area contributed by atoms with Crippen LogP contribution in [0.3, 0.4) is 0 Å². The molecule has 0 unspecified atom stereocenters. The fourth-order valence-electron chi connectivity index (χ4n) is 2.05. The lowest BCUT2D eigenvalue weighted by atomic mass is 10.2. The number of nitrogens with one attached hydrogen (secondary N) is 2. The Morgan fingerprint density at radius 3 is 2.63 bits per heavy atom. The van der Waals surface area contributed by atoms with E-state index >= 15 is 0 Å². The third-order valence-electron chi connectivity index (χ3n) is 3.43. The molecule has 0 atom stereocenters. The van der Waals surface area contributed by atoms with Crippen LogP contribution >= 0.6 is 11.6 Å². The largest absolute Gasteiger partial charge is 0.488 e. The van der Waals surface area contributed by atoms with E-state index in [9.17, 15) is 9.59 Å². The highest BCUT2D eigenvalue weighted by molar-refractivity contribution is 6.35. The van der Waals surface area contributed by atoms with Crippen molar-refractivity contribution in [1.29, 1.82) is 0 Å². The summed E-state index contributed by atoms with van der Waals surface area (Å²) in [5.41, 5.74) is 3.67. The van der Waals surface area contributed by atoms with E-state index in [2.05, 4.69) is 15.8 Å². The van der Waals surface area contributed by atoms with Gasteiger partial charge in [-0.25, -0.2) is 5.43 Å². The molecule has 0 aliphatic rings. The Balaban J connectivity index is 1.93. The number of hydrogen-bond acceptors (Lipinski definition) is 5. The summed E-state index contributed by atoms with van der Waals surface area (Å²) < 4.78 is 10.6. The summed E-state index contributed by atoms with van der Waals surface area (Å²) in [7, 11) is 1.50. The number of carbonyl (C=O) groups excluding carboxylic acids is 2. The molecular formula is C19H20ClN3O4. The summed E-state index contributed by atoms with van der Waals surface area (Å²) in [6.07, 6.45) is 1.41. The Morgan fingerprint density at radius 1 is 1.11 bits per heavy atom. The molecule has 0 aromatic heterocycles. The molecule has 8 heteroatoms. The quantitative estimate of drug-likeness (QED) is 0.313. The Labute approximate surface area is 162 Å². The molecule has 0 spiro atoms. The van der Waals surface area contributed by atoms with Crippen LogP contribution in [-0.2, 0) is 20.9 Å². The second-order valence-corrected chi connectivity index (χ2v) is 5.77. The van der Waals surface area contributed by atoms with Gasteiger partial charge in [-0.2, -0.15) is 5.10 Å².